The molecule has 0 aliphatic carbocycles. The molecule has 82 valence electrons. The predicted octanol–water partition coefficient (Wildman–Crippen LogP) is 1.37. The zero-order valence-corrected chi connectivity index (χ0v) is 9.33. The molecule has 0 radical (unpaired) electrons. The maximum absolute atomic E-state index is 11.5. The summed E-state index contributed by atoms with van der Waals surface area (Å²) in [5.74, 6) is 0.634. The first-order valence-electron chi connectivity index (χ1n) is 5.64. The lowest BCUT2D eigenvalue weighted by molar-refractivity contribution is -0.132. The Kier molecular flexibility index (Phi) is 4.39. The predicted molar refractivity (Wildman–Crippen MR) is 57.9 cm³/mol. The molecule has 2 N–H and O–H groups in total. The van der Waals surface area contributed by atoms with Crippen LogP contribution in [0.25, 0.3) is 0 Å². The molecule has 0 aromatic heterocycles. The maximum atomic E-state index is 11.5. The Morgan fingerprint density at radius 1 is 1.50 bits per heavy atom. The van der Waals surface area contributed by atoms with E-state index in [1.807, 2.05) is 4.90 Å². The van der Waals surface area contributed by atoms with Crippen LogP contribution in [0.4, 0.5) is 0 Å². The highest BCUT2D eigenvalue weighted by atomic mass is 16.2. The molecule has 1 aliphatic rings. The van der Waals surface area contributed by atoms with E-state index in [2.05, 4.69) is 6.92 Å². The maximum Gasteiger partial charge on any atom is 0.219 e. The van der Waals surface area contributed by atoms with Crippen LogP contribution >= 0.6 is 0 Å². The highest BCUT2D eigenvalue weighted by Crippen LogP contribution is 2.22. The van der Waals surface area contributed by atoms with Gasteiger partial charge in [-0.25, -0.2) is 0 Å². The van der Waals surface area contributed by atoms with Crippen LogP contribution in [0.2, 0.25) is 0 Å². The number of nitrogens with two attached hydrogens (primary N) is 1. The zero-order chi connectivity index (χ0) is 10.6. The average molecular weight is 198 g/mol. The molecule has 1 aliphatic heterocycles. The number of nitrogens with zero attached hydrogens (tertiary/aromatic N) is 1. The molecular weight excluding hydrogens is 176 g/mol. The van der Waals surface area contributed by atoms with Gasteiger partial charge in [0.15, 0.2) is 0 Å². The molecule has 3 heteroatoms. The second-order valence-corrected chi connectivity index (χ2v) is 4.34. The molecule has 0 saturated carbocycles. The van der Waals surface area contributed by atoms with Gasteiger partial charge in [-0.2, -0.15) is 0 Å². The quantitative estimate of drug-likeness (QED) is 0.728. The molecule has 14 heavy (non-hydrogen) atoms. The fourth-order valence-corrected chi connectivity index (χ4v) is 2.27. The van der Waals surface area contributed by atoms with E-state index >= 15 is 0 Å². The van der Waals surface area contributed by atoms with E-state index in [-0.39, 0.29) is 5.91 Å². The van der Waals surface area contributed by atoms with Crippen molar-refractivity contribution in [3.05, 3.63) is 0 Å². The molecule has 0 spiro atoms. The molecule has 2 atom stereocenters. The summed E-state index contributed by atoms with van der Waals surface area (Å²) < 4.78 is 0. The van der Waals surface area contributed by atoms with Crippen molar-refractivity contribution in [2.24, 2.45) is 11.7 Å². The van der Waals surface area contributed by atoms with Crippen molar-refractivity contribution in [2.45, 2.75) is 45.6 Å². The number of rotatable bonds is 2. The Morgan fingerprint density at radius 2 is 2.21 bits per heavy atom. The van der Waals surface area contributed by atoms with Crippen molar-refractivity contribution < 1.29 is 4.79 Å². The molecule has 1 amide bonds. The van der Waals surface area contributed by atoms with Crippen molar-refractivity contribution in [1.82, 2.24) is 4.90 Å². The molecule has 1 heterocycles. The molecule has 1 rings (SSSR count). The molecule has 2 unspecified atom stereocenters. The number of carbonyl (C=O) groups is 1. The summed E-state index contributed by atoms with van der Waals surface area (Å²) in [6.45, 7) is 5.41. The Morgan fingerprint density at radius 3 is 2.79 bits per heavy atom. The second kappa shape index (κ2) is 5.35. The lowest BCUT2D eigenvalue weighted by Crippen LogP contribution is -2.44. The number of likely N-dealkylation sites (tertiary alicyclic amines) is 1. The highest BCUT2D eigenvalue weighted by molar-refractivity contribution is 5.73. The topological polar surface area (TPSA) is 46.3 Å². The van der Waals surface area contributed by atoms with Gasteiger partial charge in [-0.05, 0) is 25.3 Å². The first-order valence-corrected chi connectivity index (χ1v) is 5.64. The van der Waals surface area contributed by atoms with E-state index in [9.17, 15) is 4.79 Å². The molecule has 3 nitrogen and oxygen atoms in total. The van der Waals surface area contributed by atoms with E-state index in [0.29, 0.717) is 18.5 Å². The van der Waals surface area contributed by atoms with E-state index < -0.39 is 0 Å². The summed E-state index contributed by atoms with van der Waals surface area (Å²) in [5.41, 5.74) is 5.68. The van der Waals surface area contributed by atoms with Crippen LogP contribution in [0.3, 0.4) is 0 Å². The van der Waals surface area contributed by atoms with Gasteiger partial charge in [-0.3, -0.25) is 4.79 Å². The van der Waals surface area contributed by atoms with Crippen molar-refractivity contribution in [2.75, 3.05) is 13.1 Å². The third kappa shape index (κ3) is 2.71. The minimum Gasteiger partial charge on any atom is -0.340 e. The summed E-state index contributed by atoms with van der Waals surface area (Å²) in [5, 5.41) is 0. The van der Waals surface area contributed by atoms with Crippen LogP contribution in [0.1, 0.15) is 39.5 Å². The standard InChI is InChI=1S/C11H22N2O/c1-9(8-12)11-6-4-3-5-7-13(11)10(2)14/h9,11H,3-8,12H2,1-2H3. The molecule has 0 bridgehead atoms. The Balaban J connectivity index is 2.68. The van der Waals surface area contributed by atoms with Crippen LogP contribution in [0.5, 0.6) is 0 Å². The number of amides is 1. The van der Waals surface area contributed by atoms with Crippen molar-refractivity contribution >= 4 is 5.91 Å². The average Bonchev–Trinajstić information content (AvgIpc) is 2.41. The van der Waals surface area contributed by atoms with Gasteiger partial charge in [-0.15, -0.1) is 0 Å². The first-order chi connectivity index (χ1) is 6.66. The smallest absolute Gasteiger partial charge is 0.219 e. The van der Waals surface area contributed by atoms with E-state index in [4.69, 9.17) is 5.73 Å². The molecule has 1 fully saturated rings. The molecule has 0 aromatic carbocycles. The molecule has 1 saturated heterocycles. The van der Waals surface area contributed by atoms with Crippen LogP contribution in [-0.2, 0) is 4.79 Å². The number of carbonyl (C=O) groups excluding carboxylic acids is 1. The van der Waals surface area contributed by atoms with Crippen LogP contribution in [0.15, 0.2) is 0 Å². The molecular formula is C11H22N2O. The minimum atomic E-state index is 0.206. The van der Waals surface area contributed by atoms with E-state index in [1.54, 1.807) is 6.92 Å². The Labute approximate surface area is 86.6 Å². The van der Waals surface area contributed by atoms with Gasteiger partial charge in [0.1, 0.15) is 0 Å². The van der Waals surface area contributed by atoms with Gasteiger partial charge >= 0.3 is 0 Å². The van der Waals surface area contributed by atoms with Gasteiger partial charge in [-0.1, -0.05) is 19.8 Å². The normalized spacial score (nSPS) is 25.6. The second-order valence-electron chi connectivity index (χ2n) is 4.34. The SMILES string of the molecule is CC(=O)N1CCCCCC1C(C)CN. The fraction of sp³-hybridized carbons (Fsp3) is 0.909. The summed E-state index contributed by atoms with van der Waals surface area (Å²) in [6, 6.07) is 0.375. The third-order valence-corrected chi connectivity index (χ3v) is 3.23. The first kappa shape index (κ1) is 11.5. The van der Waals surface area contributed by atoms with Gasteiger partial charge in [0.25, 0.3) is 0 Å². The van der Waals surface area contributed by atoms with Gasteiger partial charge in [0.05, 0.1) is 0 Å². The number of hydrogen-bond donors (Lipinski definition) is 1. The lowest BCUT2D eigenvalue weighted by Gasteiger charge is -2.33. The van der Waals surface area contributed by atoms with Crippen molar-refractivity contribution in [3.63, 3.8) is 0 Å². The van der Waals surface area contributed by atoms with Gasteiger partial charge < -0.3 is 10.6 Å². The summed E-state index contributed by atoms with van der Waals surface area (Å²) >= 11 is 0. The van der Waals surface area contributed by atoms with Gasteiger partial charge in [0.2, 0.25) is 5.91 Å². The minimum absolute atomic E-state index is 0.206. The monoisotopic (exact) mass is 198 g/mol. The lowest BCUT2D eigenvalue weighted by atomic mass is 9.96. The Hall–Kier alpha value is -0.570. The summed E-state index contributed by atoms with van der Waals surface area (Å²) in [6.07, 6.45) is 4.75. The van der Waals surface area contributed by atoms with Crippen molar-refractivity contribution in [3.8, 4) is 0 Å². The van der Waals surface area contributed by atoms with Crippen LogP contribution in [0, 0.1) is 5.92 Å². The highest BCUT2D eigenvalue weighted by Gasteiger charge is 2.26. The van der Waals surface area contributed by atoms with Crippen LogP contribution < -0.4 is 5.73 Å². The third-order valence-electron chi connectivity index (χ3n) is 3.23. The molecule has 0 aromatic rings. The van der Waals surface area contributed by atoms with E-state index in [1.165, 1.54) is 12.8 Å². The summed E-state index contributed by atoms with van der Waals surface area (Å²) in [4.78, 5) is 13.5. The van der Waals surface area contributed by atoms with Crippen molar-refractivity contribution in [1.29, 1.82) is 0 Å². The van der Waals surface area contributed by atoms with E-state index in [0.717, 1.165) is 19.4 Å². The van der Waals surface area contributed by atoms with Crippen LogP contribution in [-0.4, -0.2) is 29.9 Å². The number of hydrogen-bond acceptors (Lipinski definition) is 2. The zero-order valence-electron chi connectivity index (χ0n) is 9.33. The summed E-state index contributed by atoms with van der Waals surface area (Å²) in [7, 11) is 0. The largest absolute Gasteiger partial charge is 0.340 e. The fourth-order valence-electron chi connectivity index (χ4n) is 2.27. The Bertz CT molecular complexity index is 194. The van der Waals surface area contributed by atoms with Gasteiger partial charge in [0, 0.05) is 19.5 Å².